The van der Waals surface area contributed by atoms with E-state index < -0.39 is 0 Å². The van der Waals surface area contributed by atoms with Gasteiger partial charge in [0.2, 0.25) is 0 Å². The SMILES string of the molecule is CC(C)n1c(Br)cnc1C1CC1. The predicted molar refractivity (Wildman–Crippen MR) is 52.3 cm³/mol. The molecule has 0 amide bonds. The fourth-order valence-electron chi connectivity index (χ4n) is 1.51. The first-order valence-corrected chi connectivity index (χ1v) is 5.22. The molecule has 2 rings (SSSR count). The molecule has 1 aliphatic carbocycles. The summed E-state index contributed by atoms with van der Waals surface area (Å²) in [6, 6.07) is 0.512. The monoisotopic (exact) mass is 228 g/mol. The molecule has 1 aliphatic rings. The molecule has 0 aliphatic heterocycles. The molecule has 3 heteroatoms. The van der Waals surface area contributed by atoms with E-state index in [-0.39, 0.29) is 0 Å². The van der Waals surface area contributed by atoms with Gasteiger partial charge in [-0.2, -0.15) is 0 Å². The van der Waals surface area contributed by atoms with Crippen LogP contribution in [0.4, 0.5) is 0 Å². The highest BCUT2D eigenvalue weighted by molar-refractivity contribution is 9.10. The van der Waals surface area contributed by atoms with Crippen LogP contribution in [0.3, 0.4) is 0 Å². The van der Waals surface area contributed by atoms with Crippen molar-refractivity contribution in [1.82, 2.24) is 9.55 Å². The van der Waals surface area contributed by atoms with Gasteiger partial charge in [-0.15, -0.1) is 0 Å². The van der Waals surface area contributed by atoms with E-state index in [1.165, 1.54) is 18.7 Å². The zero-order valence-electron chi connectivity index (χ0n) is 7.42. The van der Waals surface area contributed by atoms with E-state index in [4.69, 9.17) is 0 Å². The molecule has 12 heavy (non-hydrogen) atoms. The predicted octanol–water partition coefficient (Wildman–Crippen LogP) is 3.10. The van der Waals surface area contributed by atoms with Crippen molar-refractivity contribution >= 4 is 15.9 Å². The van der Waals surface area contributed by atoms with Crippen LogP contribution in [0.2, 0.25) is 0 Å². The van der Waals surface area contributed by atoms with Gasteiger partial charge < -0.3 is 4.57 Å². The molecular formula is C9H13BrN2. The third kappa shape index (κ3) is 1.30. The number of imidazole rings is 1. The summed E-state index contributed by atoms with van der Waals surface area (Å²) in [6.07, 6.45) is 4.54. The highest BCUT2D eigenvalue weighted by Gasteiger charge is 2.29. The Morgan fingerprint density at radius 2 is 2.25 bits per heavy atom. The van der Waals surface area contributed by atoms with Gasteiger partial charge in [0.25, 0.3) is 0 Å². The van der Waals surface area contributed by atoms with Crippen molar-refractivity contribution in [2.45, 2.75) is 38.6 Å². The second kappa shape index (κ2) is 2.87. The minimum atomic E-state index is 0.512. The molecular weight excluding hydrogens is 216 g/mol. The standard InChI is InChI=1S/C9H13BrN2/c1-6(2)12-8(10)5-11-9(12)7-3-4-7/h5-7H,3-4H2,1-2H3. The quantitative estimate of drug-likeness (QED) is 0.761. The first-order valence-electron chi connectivity index (χ1n) is 4.42. The van der Waals surface area contributed by atoms with Crippen LogP contribution in [0.25, 0.3) is 0 Å². The highest BCUT2D eigenvalue weighted by atomic mass is 79.9. The second-order valence-corrected chi connectivity index (χ2v) is 4.49. The molecule has 1 fully saturated rings. The molecule has 0 saturated heterocycles. The highest BCUT2D eigenvalue weighted by Crippen LogP contribution is 2.41. The van der Waals surface area contributed by atoms with E-state index in [2.05, 4.69) is 39.3 Å². The lowest BCUT2D eigenvalue weighted by molar-refractivity contribution is 0.559. The summed E-state index contributed by atoms with van der Waals surface area (Å²) in [5, 5.41) is 0. The van der Waals surface area contributed by atoms with Crippen LogP contribution in [0.15, 0.2) is 10.8 Å². The van der Waals surface area contributed by atoms with Crippen LogP contribution in [0, 0.1) is 0 Å². The Balaban J connectivity index is 2.39. The van der Waals surface area contributed by atoms with E-state index in [0.717, 1.165) is 10.5 Å². The molecule has 66 valence electrons. The molecule has 0 bridgehead atoms. The van der Waals surface area contributed by atoms with Crippen molar-refractivity contribution in [3.05, 3.63) is 16.6 Å². The Morgan fingerprint density at radius 1 is 1.58 bits per heavy atom. The van der Waals surface area contributed by atoms with Gasteiger partial charge in [0, 0.05) is 12.0 Å². The van der Waals surface area contributed by atoms with Gasteiger partial charge in [-0.05, 0) is 42.6 Å². The topological polar surface area (TPSA) is 17.8 Å². The Labute approximate surface area is 81.1 Å². The number of hydrogen-bond acceptors (Lipinski definition) is 1. The molecule has 1 saturated carbocycles. The summed E-state index contributed by atoms with van der Waals surface area (Å²) in [4.78, 5) is 4.42. The van der Waals surface area contributed by atoms with Crippen LogP contribution in [-0.4, -0.2) is 9.55 Å². The summed E-state index contributed by atoms with van der Waals surface area (Å²) in [6.45, 7) is 4.39. The van der Waals surface area contributed by atoms with E-state index in [9.17, 15) is 0 Å². The van der Waals surface area contributed by atoms with E-state index >= 15 is 0 Å². The fourth-order valence-corrected chi connectivity index (χ4v) is 2.20. The van der Waals surface area contributed by atoms with Crippen molar-refractivity contribution in [3.63, 3.8) is 0 Å². The van der Waals surface area contributed by atoms with Crippen molar-refractivity contribution in [2.75, 3.05) is 0 Å². The number of halogens is 1. The third-order valence-electron chi connectivity index (χ3n) is 2.24. The van der Waals surface area contributed by atoms with Gasteiger partial charge in [0.15, 0.2) is 0 Å². The Hall–Kier alpha value is -0.310. The van der Waals surface area contributed by atoms with E-state index in [1.54, 1.807) is 0 Å². The smallest absolute Gasteiger partial charge is 0.112 e. The van der Waals surface area contributed by atoms with Crippen LogP contribution >= 0.6 is 15.9 Å². The Morgan fingerprint density at radius 3 is 2.75 bits per heavy atom. The van der Waals surface area contributed by atoms with Crippen LogP contribution in [0.5, 0.6) is 0 Å². The molecule has 0 aromatic carbocycles. The maximum Gasteiger partial charge on any atom is 0.112 e. The van der Waals surface area contributed by atoms with Crippen molar-refractivity contribution < 1.29 is 0 Å². The second-order valence-electron chi connectivity index (χ2n) is 3.68. The lowest BCUT2D eigenvalue weighted by Crippen LogP contribution is -2.05. The minimum Gasteiger partial charge on any atom is -0.320 e. The summed E-state index contributed by atoms with van der Waals surface area (Å²) in [5.41, 5.74) is 0. The third-order valence-corrected chi connectivity index (χ3v) is 2.83. The summed E-state index contributed by atoms with van der Waals surface area (Å²) in [5.74, 6) is 2.00. The first kappa shape index (κ1) is 8.30. The average molecular weight is 229 g/mol. The van der Waals surface area contributed by atoms with Gasteiger partial charge >= 0.3 is 0 Å². The van der Waals surface area contributed by atoms with Gasteiger partial charge in [-0.25, -0.2) is 4.98 Å². The molecule has 0 unspecified atom stereocenters. The molecule has 0 atom stereocenters. The largest absolute Gasteiger partial charge is 0.320 e. The van der Waals surface area contributed by atoms with Gasteiger partial charge in [0.05, 0.1) is 6.20 Å². The molecule has 1 aromatic rings. The zero-order valence-corrected chi connectivity index (χ0v) is 9.00. The maximum absolute atomic E-state index is 4.42. The molecule has 1 heterocycles. The van der Waals surface area contributed by atoms with Crippen molar-refractivity contribution in [3.8, 4) is 0 Å². The van der Waals surface area contributed by atoms with E-state index in [0.29, 0.717) is 6.04 Å². The van der Waals surface area contributed by atoms with Crippen LogP contribution in [0.1, 0.15) is 44.5 Å². The van der Waals surface area contributed by atoms with Crippen molar-refractivity contribution in [2.24, 2.45) is 0 Å². The van der Waals surface area contributed by atoms with E-state index in [1.807, 2.05) is 6.20 Å². The Bertz CT molecular complexity index is 287. The van der Waals surface area contributed by atoms with Gasteiger partial charge in [0.1, 0.15) is 10.4 Å². The minimum absolute atomic E-state index is 0.512. The lowest BCUT2D eigenvalue weighted by Gasteiger charge is -2.12. The number of hydrogen-bond donors (Lipinski definition) is 0. The van der Waals surface area contributed by atoms with Gasteiger partial charge in [-0.1, -0.05) is 0 Å². The fraction of sp³-hybridized carbons (Fsp3) is 0.667. The van der Waals surface area contributed by atoms with Crippen LogP contribution in [-0.2, 0) is 0 Å². The average Bonchev–Trinajstić information content (AvgIpc) is 2.75. The molecule has 0 N–H and O–H groups in total. The van der Waals surface area contributed by atoms with Gasteiger partial charge in [-0.3, -0.25) is 0 Å². The van der Waals surface area contributed by atoms with Crippen molar-refractivity contribution in [1.29, 1.82) is 0 Å². The molecule has 1 aromatic heterocycles. The Kier molecular flexibility index (Phi) is 1.99. The first-order chi connectivity index (χ1) is 5.70. The van der Waals surface area contributed by atoms with Crippen LogP contribution < -0.4 is 0 Å². The molecule has 0 spiro atoms. The summed E-state index contributed by atoms with van der Waals surface area (Å²) in [7, 11) is 0. The number of aromatic nitrogens is 2. The summed E-state index contributed by atoms with van der Waals surface area (Å²) >= 11 is 3.51. The number of nitrogens with zero attached hydrogens (tertiary/aromatic N) is 2. The normalized spacial score (nSPS) is 17.3. The maximum atomic E-state index is 4.42. The molecule has 2 nitrogen and oxygen atoms in total. The molecule has 0 radical (unpaired) electrons. The summed E-state index contributed by atoms with van der Waals surface area (Å²) < 4.78 is 3.39. The lowest BCUT2D eigenvalue weighted by atomic mass is 10.3. The zero-order chi connectivity index (χ0) is 8.72. The number of rotatable bonds is 2.